The summed E-state index contributed by atoms with van der Waals surface area (Å²) in [5, 5.41) is 0.788. The Balaban J connectivity index is 1.19. The molecule has 7 heteroatoms. The topological polar surface area (TPSA) is 47.3 Å². The van der Waals surface area contributed by atoms with Gasteiger partial charge in [0.15, 0.2) is 4.77 Å². The first-order valence-corrected chi connectivity index (χ1v) is 10.0. The van der Waals surface area contributed by atoms with Crippen molar-refractivity contribution in [1.29, 1.82) is 0 Å². The Labute approximate surface area is 168 Å². The number of piperazine rings is 1. The summed E-state index contributed by atoms with van der Waals surface area (Å²) < 4.78 is 6.54. The fraction of sp³-hybridized carbons (Fsp3) is 0.350. The van der Waals surface area contributed by atoms with Gasteiger partial charge in [-0.15, -0.1) is 0 Å². The van der Waals surface area contributed by atoms with Crippen LogP contribution in [-0.2, 0) is 0 Å². The molecular weight excluding hydrogens is 380 g/mol. The van der Waals surface area contributed by atoms with Crippen molar-refractivity contribution in [2.45, 2.75) is 6.42 Å². The molecule has 0 spiro atoms. The van der Waals surface area contributed by atoms with E-state index in [4.69, 9.17) is 28.6 Å². The van der Waals surface area contributed by atoms with Crippen LogP contribution in [-0.4, -0.2) is 54.2 Å². The zero-order valence-corrected chi connectivity index (χ0v) is 16.7. The number of halogens is 1. The summed E-state index contributed by atoms with van der Waals surface area (Å²) >= 11 is 11.1. The molecule has 2 heterocycles. The van der Waals surface area contributed by atoms with Crippen LogP contribution in [0, 0.1) is 4.77 Å². The molecule has 0 unspecified atom stereocenters. The van der Waals surface area contributed by atoms with Crippen LogP contribution in [0.15, 0.2) is 42.5 Å². The molecule has 1 saturated heterocycles. The van der Waals surface area contributed by atoms with Crippen LogP contribution in [0.4, 0.5) is 5.69 Å². The van der Waals surface area contributed by atoms with E-state index < -0.39 is 0 Å². The van der Waals surface area contributed by atoms with Crippen LogP contribution in [0.1, 0.15) is 6.42 Å². The summed E-state index contributed by atoms with van der Waals surface area (Å²) in [5.74, 6) is 0.875. The lowest BCUT2D eigenvalue weighted by atomic mass is 10.2. The second-order valence-electron chi connectivity index (χ2n) is 6.79. The number of nitrogens with zero attached hydrogens (tertiary/aromatic N) is 2. The molecule has 2 aromatic carbocycles. The zero-order chi connectivity index (χ0) is 18.6. The number of hydrogen-bond donors (Lipinski definition) is 2. The summed E-state index contributed by atoms with van der Waals surface area (Å²) in [6.07, 6.45) is 1.02. The minimum absolute atomic E-state index is 0.639. The number of fused-ring (bicyclic) bond motifs is 1. The van der Waals surface area contributed by atoms with E-state index in [0.717, 1.165) is 61.0 Å². The highest BCUT2D eigenvalue weighted by Crippen LogP contribution is 2.20. The third-order valence-corrected chi connectivity index (χ3v) is 5.40. The van der Waals surface area contributed by atoms with Gasteiger partial charge in [0.25, 0.3) is 0 Å². The van der Waals surface area contributed by atoms with Crippen LogP contribution >= 0.6 is 23.8 Å². The Hall–Kier alpha value is -2.02. The lowest BCUT2D eigenvalue weighted by Crippen LogP contribution is -2.46. The number of aromatic amines is 2. The average molecular weight is 403 g/mol. The van der Waals surface area contributed by atoms with Crippen molar-refractivity contribution in [3.05, 3.63) is 52.3 Å². The number of hydrogen-bond acceptors (Lipinski definition) is 4. The van der Waals surface area contributed by atoms with E-state index in [2.05, 4.69) is 31.9 Å². The first-order chi connectivity index (χ1) is 13.2. The number of benzene rings is 2. The van der Waals surface area contributed by atoms with Crippen molar-refractivity contribution >= 4 is 40.5 Å². The van der Waals surface area contributed by atoms with E-state index in [1.54, 1.807) is 0 Å². The lowest BCUT2D eigenvalue weighted by molar-refractivity contribution is 0.225. The van der Waals surface area contributed by atoms with Crippen LogP contribution in [0.5, 0.6) is 5.75 Å². The highest BCUT2D eigenvalue weighted by molar-refractivity contribution is 7.71. The second kappa shape index (κ2) is 8.33. The van der Waals surface area contributed by atoms with E-state index >= 15 is 0 Å². The second-order valence-corrected chi connectivity index (χ2v) is 7.64. The third-order valence-electron chi connectivity index (χ3n) is 4.94. The molecular formula is C20H23ClN4OS. The predicted molar refractivity (Wildman–Crippen MR) is 114 cm³/mol. The molecule has 1 aliphatic heterocycles. The van der Waals surface area contributed by atoms with Crippen molar-refractivity contribution in [2.24, 2.45) is 0 Å². The van der Waals surface area contributed by atoms with Crippen LogP contribution < -0.4 is 9.64 Å². The molecule has 0 saturated carbocycles. The summed E-state index contributed by atoms with van der Waals surface area (Å²) in [6, 6.07) is 14.1. The first-order valence-electron chi connectivity index (χ1n) is 9.25. The van der Waals surface area contributed by atoms with Gasteiger partial charge in [-0.1, -0.05) is 11.6 Å². The molecule has 0 radical (unpaired) electrons. The number of H-pyrrole nitrogens is 2. The maximum absolute atomic E-state index is 5.97. The highest BCUT2D eigenvalue weighted by Gasteiger charge is 2.16. The molecule has 1 aliphatic rings. The van der Waals surface area contributed by atoms with Crippen molar-refractivity contribution in [3.63, 3.8) is 0 Å². The van der Waals surface area contributed by atoms with Gasteiger partial charge in [0, 0.05) is 49.5 Å². The van der Waals surface area contributed by atoms with Crippen LogP contribution in [0.25, 0.3) is 11.0 Å². The number of ether oxygens (including phenoxy) is 1. The minimum Gasteiger partial charge on any atom is -0.493 e. The van der Waals surface area contributed by atoms with Crippen molar-refractivity contribution < 1.29 is 4.74 Å². The molecule has 0 atom stereocenters. The van der Waals surface area contributed by atoms with Crippen molar-refractivity contribution in [1.82, 2.24) is 14.9 Å². The van der Waals surface area contributed by atoms with Gasteiger partial charge in [-0.2, -0.15) is 0 Å². The van der Waals surface area contributed by atoms with Crippen molar-refractivity contribution in [3.8, 4) is 5.75 Å². The SMILES string of the molecule is S=c1[nH]c2ccc(OCCCN3CCN(c4ccc(Cl)cc4)CC3)cc2[nH]1. The van der Waals surface area contributed by atoms with E-state index in [-0.39, 0.29) is 0 Å². The molecule has 0 aliphatic carbocycles. The Morgan fingerprint density at radius 2 is 1.70 bits per heavy atom. The molecule has 27 heavy (non-hydrogen) atoms. The summed E-state index contributed by atoms with van der Waals surface area (Å²) in [4.78, 5) is 11.1. The number of imidazole rings is 1. The summed E-state index contributed by atoms with van der Waals surface area (Å²) in [7, 11) is 0. The van der Waals surface area contributed by atoms with E-state index in [1.165, 1.54) is 5.69 Å². The lowest BCUT2D eigenvalue weighted by Gasteiger charge is -2.36. The van der Waals surface area contributed by atoms with Gasteiger partial charge in [-0.25, -0.2) is 0 Å². The Kier molecular flexibility index (Phi) is 5.66. The molecule has 2 N–H and O–H groups in total. The van der Waals surface area contributed by atoms with Gasteiger partial charge in [-0.3, -0.25) is 4.90 Å². The summed E-state index contributed by atoms with van der Waals surface area (Å²) in [6.45, 7) is 6.03. The molecule has 1 aromatic heterocycles. The van der Waals surface area contributed by atoms with Gasteiger partial charge in [-0.05, 0) is 55.0 Å². The zero-order valence-electron chi connectivity index (χ0n) is 15.1. The standard InChI is InChI=1S/C20H23ClN4OS/c21-15-2-4-16(5-3-15)25-11-9-24(10-12-25)8-1-13-26-17-6-7-18-19(14-17)23-20(27)22-18/h2-7,14H,1,8-13H2,(H2,22,23,27). The third kappa shape index (κ3) is 4.64. The van der Waals surface area contributed by atoms with E-state index in [9.17, 15) is 0 Å². The number of aromatic nitrogens is 2. The average Bonchev–Trinajstić information content (AvgIpc) is 3.06. The van der Waals surface area contributed by atoms with E-state index in [1.807, 2.05) is 30.3 Å². The maximum Gasteiger partial charge on any atom is 0.175 e. The largest absolute Gasteiger partial charge is 0.493 e. The van der Waals surface area contributed by atoms with Crippen molar-refractivity contribution in [2.75, 3.05) is 44.2 Å². The normalized spacial score (nSPS) is 15.4. The maximum atomic E-state index is 5.97. The van der Waals surface area contributed by atoms with Crippen LogP contribution in [0.2, 0.25) is 5.02 Å². The van der Waals surface area contributed by atoms with Gasteiger partial charge in [0.05, 0.1) is 17.6 Å². The Bertz CT molecular complexity index is 945. The smallest absolute Gasteiger partial charge is 0.175 e. The highest BCUT2D eigenvalue weighted by atomic mass is 35.5. The Morgan fingerprint density at radius 1 is 0.963 bits per heavy atom. The fourth-order valence-electron chi connectivity index (χ4n) is 3.46. The molecule has 4 rings (SSSR count). The molecule has 0 amide bonds. The van der Waals surface area contributed by atoms with Gasteiger partial charge >= 0.3 is 0 Å². The number of nitrogens with one attached hydrogen (secondary N) is 2. The minimum atomic E-state index is 0.639. The predicted octanol–water partition coefficient (Wildman–Crippen LogP) is 4.47. The first kappa shape index (κ1) is 18.3. The molecule has 0 bridgehead atoms. The van der Waals surface area contributed by atoms with E-state index in [0.29, 0.717) is 11.4 Å². The number of rotatable bonds is 6. The van der Waals surface area contributed by atoms with Gasteiger partial charge < -0.3 is 19.6 Å². The molecule has 142 valence electrons. The molecule has 3 aromatic rings. The number of anilines is 1. The summed E-state index contributed by atoms with van der Waals surface area (Å²) in [5.41, 5.74) is 3.24. The van der Waals surface area contributed by atoms with Crippen LogP contribution in [0.3, 0.4) is 0 Å². The van der Waals surface area contributed by atoms with Gasteiger partial charge in [0.1, 0.15) is 5.75 Å². The Morgan fingerprint density at radius 3 is 2.48 bits per heavy atom. The molecule has 5 nitrogen and oxygen atoms in total. The fourth-order valence-corrected chi connectivity index (χ4v) is 3.81. The molecule has 1 fully saturated rings. The monoisotopic (exact) mass is 402 g/mol. The quantitative estimate of drug-likeness (QED) is 0.471. The van der Waals surface area contributed by atoms with Gasteiger partial charge in [0.2, 0.25) is 0 Å².